The number of alkyl halides is 1. The van der Waals surface area contributed by atoms with Crippen molar-refractivity contribution >= 4 is 11.6 Å². The van der Waals surface area contributed by atoms with Crippen molar-refractivity contribution in [2.45, 2.75) is 33.1 Å². The van der Waals surface area contributed by atoms with E-state index in [4.69, 9.17) is 11.6 Å². The summed E-state index contributed by atoms with van der Waals surface area (Å²) >= 11 is 6.13. The van der Waals surface area contributed by atoms with Crippen molar-refractivity contribution in [1.29, 1.82) is 0 Å². The molecule has 1 saturated carbocycles. The summed E-state index contributed by atoms with van der Waals surface area (Å²) in [6.45, 7) is 4.48. The van der Waals surface area contributed by atoms with Gasteiger partial charge in [0.15, 0.2) is 0 Å². The van der Waals surface area contributed by atoms with Crippen molar-refractivity contribution in [3.63, 3.8) is 0 Å². The first-order valence-corrected chi connectivity index (χ1v) is 6.29. The summed E-state index contributed by atoms with van der Waals surface area (Å²) in [7, 11) is 0. The predicted octanol–water partition coefficient (Wildman–Crippen LogP) is 4.19. The summed E-state index contributed by atoms with van der Waals surface area (Å²) in [6, 6.07) is 8.80. The highest BCUT2D eigenvalue weighted by Gasteiger charge is 2.40. The zero-order valence-corrected chi connectivity index (χ0v) is 10.3. The van der Waals surface area contributed by atoms with Crippen molar-refractivity contribution in [2.75, 3.05) is 5.88 Å². The fraction of sp³-hybridized carbons (Fsp3) is 0.571. The lowest BCUT2D eigenvalue weighted by Gasteiger charge is -2.27. The molecule has 0 saturated heterocycles. The summed E-state index contributed by atoms with van der Waals surface area (Å²) in [5.74, 6) is 1.64. The summed E-state index contributed by atoms with van der Waals surface area (Å²) in [5, 5.41) is 0. The fourth-order valence-corrected chi connectivity index (χ4v) is 2.68. The maximum absolute atomic E-state index is 6.13. The Morgan fingerprint density at radius 3 is 2.67 bits per heavy atom. The molecule has 0 bridgehead atoms. The van der Waals surface area contributed by atoms with Crippen molar-refractivity contribution < 1.29 is 0 Å². The first-order chi connectivity index (χ1) is 7.14. The van der Waals surface area contributed by atoms with Gasteiger partial charge < -0.3 is 0 Å². The van der Waals surface area contributed by atoms with Crippen LogP contribution in [0.2, 0.25) is 0 Å². The second-order valence-corrected chi connectivity index (χ2v) is 5.50. The van der Waals surface area contributed by atoms with E-state index < -0.39 is 0 Å². The SMILES string of the molecule is Cc1cccc(CC(C)(CCl)C2CC2)c1. The molecule has 0 radical (unpaired) electrons. The zero-order valence-electron chi connectivity index (χ0n) is 9.59. The standard InChI is InChI=1S/C14H19Cl/c1-11-4-3-5-12(8-11)9-14(2,10-15)13-6-7-13/h3-5,8,13H,6-7,9-10H2,1-2H3. The van der Waals surface area contributed by atoms with Gasteiger partial charge in [-0.05, 0) is 43.1 Å². The highest BCUT2D eigenvalue weighted by Crippen LogP contribution is 2.48. The Morgan fingerprint density at radius 2 is 2.13 bits per heavy atom. The zero-order chi connectivity index (χ0) is 10.9. The van der Waals surface area contributed by atoms with E-state index >= 15 is 0 Å². The maximum atomic E-state index is 6.13. The van der Waals surface area contributed by atoms with Crippen LogP contribution in [0.3, 0.4) is 0 Å². The molecule has 1 atom stereocenters. The first-order valence-electron chi connectivity index (χ1n) is 5.75. The molecule has 0 aliphatic heterocycles. The molecule has 82 valence electrons. The third-order valence-corrected chi connectivity index (χ3v) is 4.17. The number of benzene rings is 1. The molecule has 0 nitrogen and oxygen atoms in total. The Kier molecular flexibility index (Phi) is 3.06. The molecule has 2 rings (SSSR count). The molecule has 15 heavy (non-hydrogen) atoms. The van der Waals surface area contributed by atoms with Crippen LogP contribution < -0.4 is 0 Å². The summed E-state index contributed by atoms with van der Waals surface area (Å²) in [6.07, 6.45) is 3.87. The van der Waals surface area contributed by atoms with Gasteiger partial charge in [0.2, 0.25) is 0 Å². The van der Waals surface area contributed by atoms with E-state index in [0.29, 0.717) is 5.41 Å². The van der Waals surface area contributed by atoms with Crippen LogP contribution in [0, 0.1) is 18.3 Å². The Morgan fingerprint density at radius 1 is 1.40 bits per heavy atom. The second kappa shape index (κ2) is 4.17. The molecule has 0 amide bonds. The third-order valence-electron chi connectivity index (χ3n) is 3.56. The second-order valence-electron chi connectivity index (χ2n) is 5.23. The Balaban J connectivity index is 2.12. The topological polar surface area (TPSA) is 0 Å². The molecule has 1 fully saturated rings. The quantitative estimate of drug-likeness (QED) is 0.671. The molecule has 1 aliphatic carbocycles. The van der Waals surface area contributed by atoms with Gasteiger partial charge in [0.05, 0.1) is 0 Å². The third kappa shape index (κ3) is 2.55. The highest BCUT2D eigenvalue weighted by atomic mass is 35.5. The Bertz CT molecular complexity index is 341. The van der Waals surface area contributed by atoms with Crippen molar-refractivity contribution in [1.82, 2.24) is 0 Å². The Labute approximate surface area is 97.6 Å². The molecule has 1 aromatic rings. The molecule has 1 unspecified atom stereocenters. The largest absolute Gasteiger partial charge is 0.126 e. The number of hydrogen-bond donors (Lipinski definition) is 0. The molecule has 1 heteroatoms. The fourth-order valence-electron chi connectivity index (χ4n) is 2.37. The minimum atomic E-state index is 0.315. The molecular formula is C14H19Cl. The number of aryl methyl sites for hydroxylation is 1. The van der Waals surface area contributed by atoms with E-state index in [2.05, 4.69) is 38.1 Å². The smallest absolute Gasteiger partial charge is 0.0283 e. The van der Waals surface area contributed by atoms with Gasteiger partial charge in [-0.2, -0.15) is 0 Å². The van der Waals surface area contributed by atoms with E-state index in [-0.39, 0.29) is 0 Å². The molecular weight excluding hydrogens is 204 g/mol. The van der Waals surface area contributed by atoms with Crippen LogP contribution in [0.25, 0.3) is 0 Å². The van der Waals surface area contributed by atoms with Crippen LogP contribution in [0.1, 0.15) is 30.9 Å². The monoisotopic (exact) mass is 222 g/mol. The van der Waals surface area contributed by atoms with E-state index in [9.17, 15) is 0 Å². The average Bonchev–Trinajstić information content (AvgIpc) is 3.01. The predicted molar refractivity (Wildman–Crippen MR) is 66.4 cm³/mol. The van der Waals surface area contributed by atoms with E-state index in [1.807, 2.05) is 0 Å². The van der Waals surface area contributed by atoms with Crippen LogP contribution in [0.5, 0.6) is 0 Å². The van der Waals surface area contributed by atoms with E-state index in [0.717, 1.165) is 18.2 Å². The average molecular weight is 223 g/mol. The van der Waals surface area contributed by atoms with Gasteiger partial charge in [-0.15, -0.1) is 11.6 Å². The van der Waals surface area contributed by atoms with Crippen LogP contribution in [0.15, 0.2) is 24.3 Å². The Hall–Kier alpha value is -0.490. The summed E-state index contributed by atoms with van der Waals surface area (Å²) in [4.78, 5) is 0. The van der Waals surface area contributed by atoms with Crippen LogP contribution in [0.4, 0.5) is 0 Å². The highest BCUT2D eigenvalue weighted by molar-refractivity contribution is 6.18. The minimum absolute atomic E-state index is 0.315. The number of halogens is 1. The van der Waals surface area contributed by atoms with Gasteiger partial charge in [-0.3, -0.25) is 0 Å². The molecule has 0 spiro atoms. The number of rotatable bonds is 4. The lowest BCUT2D eigenvalue weighted by atomic mass is 9.80. The van der Waals surface area contributed by atoms with Gasteiger partial charge in [-0.1, -0.05) is 36.8 Å². The van der Waals surface area contributed by atoms with Gasteiger partial charge in [0.1, 0.15) is 0 Å². The molecule has 1 aliphatic rings. The van der Waals surface area contributed by atoms with Gasteiger partial charge in [-0.25, -0.2) is 0 Å². The lowest BCUT2D eigenvalue weighted by Crippen LogP contribution is -2.24. The van der Waals surface area contributed by atoms with Gasteiger partial charge in [0.25, 0.3) is 0 Å². The molecule has 0 aromatic heterocycles. The normalized spacial score (nSPS) is 19.9. The first kappa shape index (κ1) is 11.0. The van der Waals surface area contributed by atoms with Crippen LogP contribution in [-0.2, 0) is 6.42 Å². The molecule has 0 heterocycles. The lowest BCUT2D eigenvalue weighted by molar-refractivity contribution is 0.313. The summed E-state index contributed by atoms with van der Waals surface area (Å²) in [5.41, 5.74) is 3.10. The number of hydrogen-bond acceptors (Lipinski definition) is 0. The van der Waals surface area contributed by atoms with Crippen LogP contribution >= 0.6 is 11.6 Å². The molecule has 0 N–H and O–H groups in total. The maximum Gasteiger partial charge on any atom is 0.0283 e. The van der Waals surface area contributed by atoms with E-state index in [1.54, 1.807) is 0 Å². The van der Waals surface area contributed by atoms with Crippen molar-refractivity contribution in [2.24, 2.45) is 11.3 Å². The van der Waals surface area contributed by atoms with Gasteiger partial charge >= 0.3 is 0 Å². The van der Waals surface area contributed by atoms with E-state index in [1.165, 1.54) is 24.0 Å². The molecule has 1 aromatic carbocycles. The minimum Gasteiger partial charge on any atom is -0.126 e. The van der Waals surface area contributed by atoms with Crippen molar-refractivity contribution in [3.05, 3.63) is 35.4 Å². The van der Waals surface area contributed by atoms with Crippen LogP contribution in [-0.4, -0.2) is 5.88 Å². The van der Waals surface area contributed by atoms with Gasteiger partial charge in [0, 0.05) is 5.88 Å². The summed E-state index contributed by atoms with van der Waals surface area (Å²) < 4.78 is 0. The van der Waals surface area contributed by atoms with Crippen molar-refractivity contribution in [3.8, 4) is 0 Å².